The third-order valence-electron chi connectivity index (χ3n) is 4.50. The molecule has 1 unspecified atom stereocenters. The van der Waals surface area contributed by atoms with Crippen molar-refractivity contribution in [2.24, 2.45) is 5.92 Å². The molecule has 1 aliphatic carbocycles. The second-order valence-corrected chi connectivity index (χ2v) is 6.41. The smallest absolute Gasteiger partial charge is 0.0708 e. The fourth-order valence-electron chi connectivity index (χ4n) is 3.04. The van der Waals surface area contributed by atoms with Crippen LogP contribution in [-0.2, 0) is 0 Å². The first-order valence-corrected chi connectivity index (χ1v) is 8.37. The molecule has 0 aliphatic heterocycles. The molecule has 2 nitrogen and oxygen atoms in total. The van der Waals surface area contributed by atoms with E-state index >= 15 is 0 Å². The van der Waals surface area contributed by atoms with Gasteiger partial charge >= 0.3 is 0 Å². The van der Waals surface area contributed by atoms with Crippen molar-refractivity contribution >= 4 is 10.9 Å². The Morgan fingerprint density at radius 2 is 2.10 bits per heavy atom. The molecule has 1 N–H and O–H groups in total. The number of para-hydroxylation sites is 1. The molecule has 0 bridgehead atoms. The summed E-state index contributed by atoms with van der Waals surface area (Å²) in [7, 11) is 0. The maximum Gasteiger partial charge on any atom is 0.0708 e. The summed E-state index contributed by atoms with van der Waals surface area (Å²) in [5, 5.41) is 4.97. The third-order valence-corrected chi connectivity index (χ3v) is 4.50. The SMILES string of the molecule is CCCNC(CCC1CC1)c1cc(C)c2ccccc2n1. The minimum absolute atomic E-state index is 0.411. The highest BCUT2D eigenvalue weighted by atomic mass is 14.9. The maximum absolute atomic E-state index is 4.93. The Balaban J connectivity index is 1.85. The lowest BCUT2D eigenvalue weighted by Gasteiger charge is -2.19. The molecule has 1 fully saturated rings. The minimum atomic E-state index is 0.411. The lowest BCUT2D eigenvalue weighted by molar-refractivity contribution is 0.462. The minimum Gasteiger partial charge on any atom is -0.309 e. The third kappa shape index (κ3) is 3.62. The molecule has 1 aliphatic rings. The van der Waals surface area contributed by atoms with Gasteiger partial charge in [-0.1, -0.05) is 38.0 Å². The Kier molecular flexibility index (Phi) is 4.54. The molecule has 2 aromatic rings. The van der Waals surface area contributed by atoms with Crippen LogP contribution in [0.3, 0.4) is 0 Å². The van der Waals surface area contributed by atoms with E-state index in [9.17, 15) is 0 Å². The van der Waals surface area contributed by atoms with Crippen LogP contribution in [0.2, 0.25) is 0 Å². The zero-order valence-electron chi connectivity index (χ0n) is 13.2. The zero-order valence-corrected chi connectivity index (χ0v) is 13.2. The van der Waals surface area contributed by atoms with Crippen molar-refractivity contribution in [3.05, 3.63) is 41.6 Å². The monoisotopic (exact) mass is 282 g/mol. The average molecular weight is 282 g/mol. The Morgan fingerprint density at radius 1 is 1.29 bits per heavy atom. The van der Waals surface area contributed by atoms with Gasteiger partial charge in [0.05, 0.1) is 11.2 Å². The zero-order chi connectivity index (χ0) is 14.7. The predicted octanol–water partition coefficient (Wildman–Crippen LogP) is 4.77. The molecule has 3 rings (SSSR count). The van der Waals surface area contributed by atoms with E-state index in [1.807, 2.05) is 0 Å². The first kappa shape index (κ1) is 14.5. The number of pyridine rings is 1. The number of benzene rings is 1. The number of nitrogens with one attached hydrogen (secondary N) is 1. The first-order chi connectivity index (χ1) is 10.3. The number of hydrogen-bond donors (Lipinski definition) is 1. The van der Waals surface area contributed by atoms with Crippen molar-refractivity contribution < 1.29 is 0 Å². The van der Waals surface area contributed by atoms with E-state index in [0.717, 1.165) is 18.0 Å². The summed E-state index contributed by atoms with van der Waals surface area (Å²) >= 11 is 0. The van der Waals surface area contributed by atoms with Gasteiger partial charge in [0.25, 0.3) is 0 Å². The van der Waals surface area contributed by atoms with Gasteiger partial charge in [0.15, 0.2) is 0 Å². The van der Waals surface area contributed by atoms with Crippen LogP contribution in [0.25, 0.3) is 10.9 Å². The second kappa shape index (κ2) is 6.57. The van der Waals surface area contributed by atoms with E-state index in [1.165, 1.54) is 48.7 Å². The van der Waals surface area contributed by atoms with Gasteiger partial charge in [0.1, 0.15) is 0 Å². The van der Waals surface area contributed by atoms with Gasteiger partial charge in [-0.25, -0.2) is 0 Å². The van der Waals surface area contributed by atoms with Gasteiger partial charge in [0, 0.05) is 11.4 Å². The molecule has 1 atom stereocenters. The van der Waals surface area contributed by atoms with E-state index < -0.39 is 0 Å². The molecular weight excluding hydrogens is 256 g/mol. The molecule has 0 amide bonds. The molecule has 1 heterocycles. The van der Waals surface area contributed by atoms with Crippen LogP contribution >= 0.6 is 0 Å². The molecule has 2 heteroatoms. The van der Waals surface area contributed by atoms with Crippen molar-refractivity contribution in [3.8, 4) is 0 Å². The quantitative estimate of drug-likeness (QED) is 0.791. The first-order valence-electron chi connectivity index (χ1n) is 8.37. The van der Waals surface area contributed by atoms with Crippen LogP contribution in [0.5, 0.6) is 0 Å². The standard InChI is InChI=1S/C19H26N2/c1-3-12-20-18(11-10-15-8-9-15)19-13-14(2)16-6-4-5-7-17(16)21-19/h4-7,13,15,18,20H,3,8-12H2,1-2H3. The molecule has 21 heavy (non-hydrogen) atoms. The molecule has 1 saturated carbocycles. The van der Waals surface area contributed by atoms with E-state index in [2.05, 4.69) is 49.5 Å². The van der Waals surface area contributed by atoms with E-state index in [-0.39, 0.29) is 0 Å². The van der Waals surface area contributed by atoms with Crippen LogP contribution in [0.15, 0.2) is 30.3 Å². The predicted molar refractivity (Wildman–Crippen MR) is 89.5 cm³/mol. The highest BCUT2D eigenvalue weighted by Gasteiger charge is 2.23. The molecule has 0 radical (unpaired) electrons. The van der Waals surface area contributed by atoms with Gasteiger partial charge in [-0.3, -0.25) is 4.98 Å². The van der Waals surface area contributed by atoms with Crippen molar-refractivity contribution in [2.45, 2.75) is 52.0 Å². The molecule has 1 aromatic heterocycles. The largest absolute Gasteiger partial charge is 0.309 e. The fraction of sp³-hybridized carbons (Fsp3) is 0.526. The summed E-state index contributed by atoms with van der Waals surface area (Å²) in [4.78, 5) is 4.93. The van der Waals surface area contributed by atoms with Gasteiger partial charge in [-0.2, -0.15) is 0 Å². The van der Waals surface area contributed by atoms with Crippen LogP contribution in [-0.4, -0.2) is 11.5 Å². The van der Waals surface area contributed by atoms with Crippen molar-refractivity contribution in [1.82, 2.24) is 10.3 Å². The highest BCUT2D eigenvalue weighted by molar-refractivity contribution is 5.82. The average Bonchev–Trinajstić information content (AvgIpc) is 3.31. The summed E-state index contributed by atoms with van der Waals surface area (Å²) in [6, 6.07) is 11.2. The topological polar surface area (TPSA) is 24.9 Å². The second-order valence-electron chi connectivity index (χ2n) is 6.41. The number of aromatic nitrogens is 1. The highest BCUT2D eigenvalue weighted by Crippen LogP contribution is 2.36. The summed E-state index contributed by atoms with van der Waals surface area (Å²) in [5.41, 5.74) is 3.69. The van der Waals surface area contributed by atoms with Gasteiger partial charge < -0.3 is 5.32 Å². The van der Waals surface area contributed by atoms with Crippen LogP contribution in [0.4, 0.5) is 0 Å². The fourth-order valence-corrected chi connectivity index (χ4v) is 3.04. The molecular formula is C19H26N2. The summed E-state index contributed by atoms with van der Waals surface area (Å²) < 4.78 is 0. The summed E-state index contributed by atoms with van der Waals surface area (Å²) in [5.74, 6) is 0.984. The van der Waals surface area contributed by atoms with Crippen LogP contribution in [0, 0.1) is 12.8 Å². The van der Waals surface area contributed by atoms with Crippen LogP contribution < -0.4 is 5.32 Å². The van der Waals surface area contributed by atoms with Gasteiger partial charge in [-0.05, 0) is 56.3 Å². The summed E-state index contributed by atoms with van der Waals surface area (Å²) in [6.45, 7) is 5.50. The number of aryl methyl sites for hydroxylation is 1. The number of nitrogens with zero attached hydrogens (tertiary/aromatic N) is 1. The van der Waals surface area contributed by atoms with Crippen molar-refractivity contribution in [2.75, 3.05) is 6.54 Å². The van der Waals surface area contributed by atoms with Crippen molar-refractivity contribution in [3.63, 3.8) is 0 Å². The van der Waals surface area contributed by atoms with Crippen LogP contribution in [0.1, 0.15) is 56.3 Å². The molecule has 0 spiro atoms. The Morgan fingerprint density at radius 3 is 2.86 bits per heavy atom. The maximum atomic E-state index is 4.93. The number of hydrogen-bond acceptors (Lipinski definition) is 2. The number of fused-ring (bicyclic) bond motifs is 1. The van der Waals surface area contributed by atoms with Gasteiger partial charge in [-0.15, -0.1) is 0 Å². The Labute approximate surface area is 128 Å². The van der Waals surface area contributed by atoms with E-state index in [1.54, 1.807) is 0 Å². The number of rotatable bonds is 7. The van der Waals surface area contributed by atoms with Crippen molar-refractivity contribution in [1.29, 1.82) is 0 Å². The molecule has 112 valence electrons. The molecule has 0 saturated heterocycles. The van der Waals surface area contributed by atoms with E-state index in [0.29, 0.717) is 6.04 Å². The Bertz CT molecular complexity index is 602. The Hall–Kier alpha value is -1.41. The molecule has 1 aromatic carbocycles. The van der Waals surface area contributed by atoms with E-state index in [4.69, 9.17) is 4.98 Å². The normalized spacial score (nSPS) is 16.3. The van der Waals surface area contributed by atoms with Gasteiger partial charge in [0.2, 0.25) is 0 Å². The lowest BCUT2D eigenvalue weighted by atomic mass is 10.0. The summed E-state index contributed by atoms with van der Waals surface area (Å²) in [6.07, 6.45) is 6.60. The lowest BCUT2D eigenvalue weighted by Crippen LogP contribution is -2.23.